The van der Waals surface area contributed by atoms with E-state index in [1.807, 2.05) is 56.3 Å². The van der Waals surface area contributed by atoms with E-state index in [1.54, 1.807) is 0 Å². The van der Waals surface area contributed by atoms with Crippen molar-refractivity contribution in [2.24, 2.45) is 0 Å². The molecule has 0 unspecified atom stereocenters. The number of ether oxygens (including phenoxy) is 1. The Kier molecular flexibility index (Phi) is 5.33. The fraction of sp³-hybridized carbons (Fsp3) is 0.300. The van der Waals surface area contributed by atoms with Crippen LogP contribution >= 0.6 is 0 Å². The minimum atomic E-state index is -0.137. The fourth-order valence-corrected chi connectivity index (χ4v) is 2.96. The number of rotatable bonds is 8. The average Bonchev–Trinajstić information content (AvgIpc) is 2.99. The highest BCUT2D eigenvalue weighted by Crippen LogP contribution is 2.21. The zero-order valence-corrected chi connectivity index (χ0v) is 14.6. The van der Waals surface area contributed by atoms with E-state index in [0.717, 1.165) is 47.5 Å². The molecule has 0 aliphatic carbocycles. The van der Waals surface area contributed by atoms with Gasteiger partial charge in [0, 0.05) is 6.54 Å². The molecular formula is C20H23N3O2. The summed E-state index contributed by atoms with van der Waals surface area (Å²) in [6, 6.07) is 15.9. The summed E-state index contributed by atoms with van der Waals surface area (Å²) in [6.07, 6.45) is 1.57. The molecule has 130 valence electrons. The van der Waals surface area contributed by atoms with Crippen LogP contribution in [-0.4, -0.2) is 22.6 Å². The van der Waals surface area contributed by atoms with Gasteiger partial charge < -0.3 is 14.6 Å². The van der Waals surface area contributed by atoms with Gasteiger partial charge in [0.1, 0.15) is 11.6 Å². The van der Waals surface area contributed by atoms with Crippen molar-refractivity contribution < 1.29 is 9.53 Å². The van der Waals surface area contributed by atoms with Crippen molar-refractivity contribution in [1.29, 1.82) is 0 Å². The summed E-state index contributed by atoms with van der Waals surface area (Å²) >= 11 is 0. The molecule has 0 fully saturated rings. The monoisotopic (exact) mass is 337 g/mol. The molecule has 1 amide bonds. The van der Waals surface area contributed by atoms with Crippen LogP contribution in [0.4, 0.5) is 0 Å². The van der Waals surface area contributed by atoms with Crippen LogP contribution in [0.25, 0.3) is 11.0 Å². The topological polar surface area (TPSA) is 56.1 Å². The number of imidazole rings is 1. The second kappa shape index (κ2) is 7.83. The number of nitrogens with one attached hydrogen (secondary N) is 1. The number of para-hydroxylation sites is 3. The number of hydrogen-bond acceptors (Lipinski definition) is 3. The summed E-state index contributed by atoms with van der Waals surface area (Å²) in [7, 11) is 0. The molecule has 1 aromatic heterocycles. The van der Waals surface area contributed by atoms with Gasteiger partial charge in [-0.3, -0.25) is 4.79 Å². The third kappa shape index (κ3) is 3.82. The number of carbonyl (C=O) groups excluding carboxylic acids is 1. The van der Waals surface area contributed by atoms with Crippen LogP contribution in [0.5, 0.6) is 5.75 Å². The molecule has 2 aromatic carbocycles. The molecule has 0 aliphatic rings. The van der Waals surface area contributed by atoms with E-state index in [1.165, 1.54) is 0 Å². The molecule has 0 aliphatic heterocycles. The number of aryl methyl sites for hydroxylation is 2. The third-order valence-corrected chi connectivity index (χ3v) is 4.27. The minimum absolute atomic E-state index is 0.137. The van der Waals surface area contributed by atoms with E-state index in [-0.39, 0.29) is 6.04 Å². The summed E-state index contributed by atoms with van der Waals surface area (Å²) < 4.78 is 8.05. The summed E-state index contributed by atoms with van der Waals surface area (Å²) in [4.78, 5) is 15.5. The van der Waals surface area contributed by atoms with Gasteiger partial charge in [-0.1, -0.05) is 30.3 Å². The van der Waals surface area contributed by atoms with E-state index in [2.05, 4.69) is 20.9 Å². The van der Waals surface area contributed by atoms with E-state index < -0.39 is 0 Å². The van der Waals surface area contributed by atoms with Gasteiger partial charge >= 0.3 is 0 Å². The Morgan fingerprint density at radius 2 is 1.96 bits per heavy atom. The highest BCUT2D eigenvalue weighted by Gasteiger charge is 2.15. The smallest absolute Gasteiger partial charge is 0.207 e. The number of amides is 1. The molecule has 0 saturated carbocycles. The zero-order chi connectivity index (χ0) is 17.6. The van der Waals surface area contributed by atoms with Gasteiger partial charge in [0.05, 0.1) is 23.7 Å². The molecule has 1 atom stereocenters. The number of aromatic nitrogens is 2. The molecule has 3 aromatic rings. The molecule has 5 heteroatoms. The largest absolute Gasteiger partial charge is 0.493 e. The second-order valence-corrected chi connectivity index (χ2v) is 6.08. The standard InChI is InChI=1S/C20H23N3O2/c1-15-8-3-6-11-19(15)25-13-7-12-23-18-10-5-4-9-17(18)22-20(23)16(2)21-14-24/h3-6,8-11,14,16H,7,12-13H2,1-2H3,(H,21,24)/t16-/m1/s1. The Morgan fingerprint density at radius 3 is 2.76 bits per heavy atom. The lowest BCUT2D eigenvalue weighted by Gasteiger charge is -2.14. The van der Waals surface area contributed by atoms with Crippen molar-refractivity contribution in [3.8, 4) is 5.75 Å². The van der Waals surface area contributed by atoms with Crippen LogP contribution in [0.2, 0.25) is 0 Å². The van der Waals surface area contributed by atoms with Crippen molar-refractivity contribution in [3.63, 3.8) is 0 Å². The van der Waals surface area contributed by atoms with Gasteiger partial charge in [-0.2, -0.15) is 0 Å². The van der Waals surface area contributed by atoms with Gasteiger partial charge in [0.25, 0.3) is 0 Å². The van der Waals surface area contributed by atoms with Crippen LogP contribution < -0.4 is 10.1 Å². The Labute approximate surface area is 147 Å². The van der Waals surface area contributed by atoms with E-state index >= 15 is 0 Å². The first-order valence-electron chi connectivity index (χ1n) is 8.54. The van der Waals surface area contributed by atoms with Crippen molar-refractivity contribution in [2.45, 2.75) is 32.9 Å². The third-order valence-electron chi connectivity index (χ3n) is 4.27. The lowest BCUT2D eigenvalue weighted by molar-refractivity contribution is -0.110. The first kappa shape index (κ1) is 17.0. The quantitative estimate of drug-likeness (QED) is 0.504. The predicted octanol–water partition coefficient (Wildman–Crippen LogP) is 3.62. The maximum Gasteiger partial charge on any atom is 0.207 e. The predicted molar refractivity (Wildman–Crippen MR) is 98.6 cm³/mol. The van der Waals surface area contributed by atoms with Gasteiger partial charge in [-0.05, 0) is 44.0 Å². The number of benzene rings is 2. The summed E-state index contributed by atoms with van der Waals surface area (Å²) in [5, 5.41) is 2.79. The average molecular weight is 337 g/mol. The van der Waals surface area contributed by atoms with Crippen molar-refractivity contribution >= 4 is 17.4 Å². The van der Waals surface area contributed by atoms with Crippen LogP contribution in [0.1, 0.15) is 30.8 Å². The van der Waals surface area contributed by atoms with Gasteiger partial charge in [0.2, 0.25) is 6.41 Å². The minimum Gasteiger partial charge on any atom is -0.493 e. The van der Waals surface area contributed by atoms with E-state index in [0.29, 0.717) is 6.61 Å². The molecule has 5 nitrogen and oxygen atoms in total. The summed E-state index contributed by atoms with van der Waals surface area (Å²) in [6.45, 7) is 5.40. The number of fused-ring (bicyclic) bond motifs is 1. The number of nitrogens with zero attached hydrogens (tertiary/aromatic N) is 2. The summed E-state index contributed by atoms with van der Waals surface area (Å²) in [5.41, 5.74) is 3.16. The highest BCUT2D eigenvalue weighted by atomic mass is 16.5. The van der Waals surface area contributed by atoms with Crippen LogP contribution in [-0.2, 0) is 11.3 Å². The number of carbonyl (C=O) groups is 1. The lowest BCUT2D eigenvalue weighted by atomic mass is 10.2. The van der Waals surface area contributed by atoms with Crippen LogP contribution in [0.15, 0.2) is 48.5 Å². The Morgan fingerprint density at radius 1 is 1.20 bits per heavy atom. The van der Waals surface area contributed by atoms with E-state index in [9.17, 15) is 4.79 Å². The van der Waals surface area contributed by atoms with Crippen LogP contribution in [0.3, 0.4) is 0 Å². The maximum absolute atomic E-state index is 10.8. The first-order valence-corrected chi connectivity index (χ1v) is 8.54. The molecule has 0 radical (unpaired) electrons. The molecule has 1 heterocycles. The molecular weight excluding hydrogens is 314 g/mol. The van der Waals surface area contributed by atoms with Gasteiger partial charge in [-0.15, -0.1) is 0 Å². The van der Waals surface area contributed by atoms with Crippen molar-refractivity contribution in [2.75, 3.05) is 6.61 Å². The van der Waals surface area contributed by atoms with E-state index in [4.69, 9.17) is 4.74 Å². The molecule has 0 saturated heterocycles. The normalized spacial score (nSPS) is 12.1. The first-order chi connectivity index (χ1) is 12.2. The fourth-order valence-electron chi connectivity index (χ4n) is 2.96. The molecule has 25 heavy (non-hydrogen) atoms. The maximum atomic E-state index is 10.8. The lowest BCUT2D eigenvalue weighted by Crippen LogP contribution is -2.21. The zero-order valence-electron chi connectivity index (χ0n) is 14.6. The number of hydrogen-bond donors (Lipinski definition) is 1. The molecule has 1 N–H and O–H groups in total. The SMILES string of the molecule is Cc1ccccc1OCCCn1c([C@@H](C)NC=O)nc2ccccc21. The van der Waals surface area contributed by atoms with Gasteiger partial charge in [0.15, 0.2) is 0 Å². The van der Waals surface area contributed by atoms with Gasteiger partial charge in [-0.25, -0.2) is 4.98 Å². The highest BCUT2D eigenvalue weighted by molar-refractivity contribution is 5.76. The van der Waals surface area contributed by atoms with Crippen LogP contribution in [0, 0.1) is 6.92 Å². The van der Waals surface area contributed by atoms with Crippen molar-refractivity contribution in [1.82, 2.24) is 14.9 Å². The summed E-state index contributed by atoms with van der Waals surface area (Å²) in [5.74, 6) is 1.79. The second-order valence-electron chi connectivity index (χ2n) is 6.08. The Balaban J connectivity index is 1.72. The Bertz CT molecular complexity index is 857. The van der Waals surface area contributed by atoms with Crippen molar-refractivity contribution in [3.05, 3.63) is 59.9 Å². The Hall–Kier alpha value is -2.82. The molecule has 0 bridgehead atoms. The molecule has 0 spiro atoms. The molecule has 3 rings (SSSR count).